The van der Waals surface area contributed by atoms with E-state index in [1.54, 1.807) is 0 Å². The molecule has 1 aromatic rings. The number of rotatable bonds is 8. The van der Waals surface area contributed by atoms with Crippen LogP contribution in [-0.4, -0.2) is 36.5 Å². The number of benzene rings is 1. The molecule has 0 radical (unpaired) electrons. The highest BCUT2D eigenvalue weighted by atomic mass is 79.9. The van der Waals surface area contributed by atoms with Crippen LogP contribution in [0.15, 0.2) is 30.3 Å². The fraction of sp³-hybridized carbons (Fsp3) is 0.571. The van der Waals surface area contributed by atoms with Gasteiger partial charge in [0.15, 0.2) is 0 Å². The molecule has 0 saturated carbocycles. The van der Waals surface area contributed by atoms with E-state index in [9.17, 15) is 0 Å². The number of alkyl halides is 1. The van der Waals surface area contributed by atoms with E-state index in [0.717, 1.165) is 18.5 Å². The summed E-state index contributed by atoms with van der Waals surface area (Å²) in [6.07, 6.45) is 1.17. The summed E-state index contributed by atoms with van der Waals surface area (Å²) in [7, 11) is 2.15. The first-order valence-electron chi connectivity index (χ1n) is 6.15. The molecule has 0 aliphatic carbocycles. The van der Waals surface area contributed by atoms with Crippen LogP contribution in [0.25, 0.3) is 0 Å². The van der Waals surface area contributed by atoms with Crippen molar-refractivity contribution < 1.29 is 4.74 Å². The first kappa shape index (κ1) is 14.7. The molecule has 0 aliphatic heterocycles. The molecule has 1 rings (SSSR count). The Morgan fingerprint density at radius 3 is 2.59 bits per heavy atom. The molecule has 1 atom stereocenters. The van der Waals surface area contributed by atoms with E-state index < -0.39 is 0 Å². The molecule has 3 heteroatoms. The van der Waals surface area contributed by atoms with Crippen LogP contribution in [0.5, 0.6) is 0 Å². The zero-order valence-electron chi connectivity index (χ0n) is 10.7. The SMILES string of the molecule is CCC(CBr)N(C)CCOCc1ccccc1. The molecule has 0 aliphatic rings. The highest BCUT2D eigenvalue weighted by molar-refractivity contribution is 9.09. The number of hydrogen-bond donors (Lipinski definition) is 0. The molecule has 0 heterocycles. The van der Waals surface area contributed by atoms with Crippen LogP contribution >= 0.6 is 15.9 Å². The van der Waals surface area contributed by atoms with Crippen molar-refractivity contribution in [1.82, 2.24) is 4.90 Å². The molecule has 1 aromatic carbocycles. The highest BCUT2D eigenvalue weighted by Crippen LogP contribution is 2.05. The second-order valence-corrected chi connectivity index (χ2v) is 4.88. The van der Waals surface area contributed by atoms with Crippen LogP contribution in [0, 0.1) is 0 Å². The van der Waals surface area contributed by atoms with Crippen molar-refractivity contribution in [2.45, 2.75) is 26.0 Å². The maximum absolute atomic E-state index is 5.67. The number of nitrogens with zero attached hydrogens (tertiary/aromatic N) is 1. The van der Waals surface area contributed by atoms with Crippen molar-refractivity contribution in [1.29, 1.82) is 0 Å². The molecule has 17 heavy (non-hydrogen) atoms. The summed E-state index contributed by atoms with van der Waals surface area (Å²) in [5.41, 5.74) is 1.24. The molecule has 0 spiro atoms. The molecule has 1 unspecified atom stereocenters. The fourth-order valence-corrected chi connectivity index (χ4v) is 2.65. The van der Waals surface area contributed by atoms with Crippen molar-refractivity contribution in [3.05, 3.63) is 35.9 Å². The average Bonchev–Trinajstić information content (AvgIpc) is 2.37. The van der Waals surface area contributed by atoms with Crippen molar-refractivity contribution in [2.24, 2.45) is 0 Å². The van der Waals surface area contributed by atoms with Crippen LogP contribution in [0.2, 0.25) is 0 Å². The van der Waals surface area contributed by atoms with E-state index in [4.69, 9.17) is 4.74 Å². The second-order valence-electron chi connectivity index (χ2n) is 4.24. The van der Waals surface area contributed by atoms with Gasteiger partial charge in [-0.1, -0.05) is 53.2 Å². The molecule has 96 valence electrons. The van der Waals surface area contributed by atoms with Crippen LogP contribution in [0.1, 0.15) is 18.9 Å². The zero-order chi connectivity index (χ0) is 12.5. The zero-order valence-corrected chi connectivity index (χ0v) is 12.3. The predicted molar refractivity (Wildman–Crippen MR) is 76.6 cm³/mol. The summed E-state index contributed by atoms with van der Waals surface area (Å²) in [4.78, 5) is 2.35. The minimum Gasteiger partial charge on any atom is -0.375 e. The minimum atomic E-state index is 0.607. The largest absolute Gasteiger partial charge is 0.375 e. The fourth-order valence-electron chi connectivity index (χ4n) is 1.69. The summed E-state index contributed by atoms with van der Waals surface area (Å²) in [5.74, 6) is 0. The quantitative estimate of drug-likeness (QED) is 0.539. The Morgan fingerprint density at radius 2 is 2.00 bits per heavy atom. The Bertz CT molecular complexity index is 288. The van der Waals surface area contributed by atoms with Crippen molar-refractivity contribution in [2.75, 3.05) is 25.5 Å². The predicted octanol–water partition coefficient (Wildman–Crippen LogP) is 3.31. The number of likely N-dealkylation sites (N-methyl/N-ethyl adjacent to an activating group) is 1. The van der Waals surface area contributed by atoms with Gasteiger partial charge in [0, 0.05) is 17.9 Å². The lowest BCUT2D eigenvalue weighted by Gasteiger charge is -2.25. The van der Waals surface area contributed by atoms with Gasteiger partial charge in [0.1, 0.15) is 0 Å². The molecule has 0 amide bonds. The van der Waals surface area contributed by atoms with Crippen LogP contribution in [0.4, 0.5) is 0 Å². The van der Waals surface area contributed by atoms with Gasteiger partial charge >= 0.3 is 0 Å². The number of ether oxygens (including phenoxy) is 1. The maximum Gasteiger partial charge on any atom is 0.0717 e. The molecular formula is C14H22BrNO. The minimum absolute atomic E-state index is 0.607. The van der Waals surface area contributed by atoms with Crippen molar-refractivity contribution in [3.8, 4) is 0 Å². The second kappa shape index (κ2) is 8.67. The lowest BCUT2D eigenvalue weighted by Crippen LogP contribution is -2.35. The monoisotopic (exact) mass is 299 g/mol. The summed E-state index contributed by atoms with van der Waals surface area (Å²) < 4.78 is 5.67. The van der Waals surface area contributed by atoms with Gasteiger partial charge in [0.05, 0.1) is 13.2 Å². The lowest BCUT2D eigenvalue weighted by molar-refractivity contribution is 0.0902. The summed E-state index contributed by atoms with van der Waals surface area (Å²) in [5, 5.41) is 1.03. The Kier molecular flexibility index (Phi) is 7.49. The van der Waals surface area contributed by atoms with Gasteiger partial charge in [-0.3, -0.25) is 0 Å². The third-order valence-corrected chi connectivity index (χ3v) is 3.72. The Balaban J connectivity index is 2.16. The Labute approximate surface area is 113 Å². The van der Waals surface area contributed by atoms with Gasteiger partial charge in [0.25, 0.3) is 0 Å². The molecule has 2 nitrogen and oxygen atoms in total. The van der Waals surface area contributed by atoms with E-state index >= 15 is 0 Å². The molecule has 0 bridgehead atoms. The van der Waals surface area contributed by atoms with E-state index in [2.05, 4.69) is 46.9 Å². The van der Waals surface area contributed by atoms with Gasteiger partial charge < -0.3 is 9.64 Å². The van der Waals surface area contributed by atoms with Gasteiger partial charge in [-0.2, -0.15) is 0 Å². The normalized spacial score (nSPS) is 12.9. The molecule has 0 fully saturated rings. The first-order valence-corrected chi connectivity index (χ1v) is 7.28. The summed E-state index contributed by atoms with van der Waals surface area (Å²) >= 11 is 3.54. The van der Waals surface area contributed by atoms with Crippen LogP contribution in [0.3, 0.4) is 0 Å². The molecular weight excluding hydrogens is 278 g/mol. The lowest BCUT2D eigenvalue weighted by atomic mass is 10.2. The number of hydrogen-bond acceptors (Lipinski definition) is 2. The molecule has 0 N–H and O–H groups in total. The van der Waals surface area contributed by atoms with Crippen LogP contribution in [-0.2, 0) is 11.3 Å². The van der Waals surface area contributed by atoms with E-state index in [-0.39, 0.29) is 0 Å². The molecule has 0 saturated heterocycles. The van der Waals surface area contributed by atoms with Crippen LogP contribution < -0.4 is 0 Å². The maximum atomic E-state index is 5.67. The van der Waals surface area contributed by atoms with E-state index in [1.807, 2.05) is 18.2 Å². The third-order valence-electron chi connectivity index (χ3n) is 2.97. The number of halogens is 1. The van der Waals surface area contributed by atoms with Gasteiger partial charge in [-0.25, -0.2) is 0 Å². The topological polar surface area (TPSA) is 12.5 Å². The first-order chi connectivity index (χ1) is 8.27. The Hall–Kier alpha value is -0.380. The van der Waals surface area contributed by atoms with Gasteiger partial charge in [0.2, 0.25) is 0 Å². The summed E-state index contributed by atoms with van der Waals surface area (Å²) in [6.45, 7) is 4.69. The Morgan fingerprint density at radius 1 is 1.29 bits per heavy atom. The highest BCUT2D eigenvalue weighted by Gasteiger charge is 2.10. The van der Waals surface area contributed by atoms with Gasteiger partial charge in [-0.15, -0.1) is 0 Å². The summed E-state index contributed by atoms with van der Waals surface area (Å²) in [6, 6.07) is 10.9. The smallest absolute Gasteiger partial charge is 0.0717 e. The van der Waals surface area contributed by atoms with E-state index in [1.165, 1.54) is 12.0 Å². The van der Waals surface area contributed by atoms with E-state index in [0.29, 0.717) is 12.6 Å². The van der Waals surface area contributed by atoms with Crippen molar-refractivity contribution >= 4 is 15.9 Å². The van der Waals surface area contributed by atoms with Crippen molar-refractivity contribution in [3.63, 3.8) is 0 Å². The van der Waals surface area contributed by atoms with Gasteiger partial charge in [-0.05, 0) is 19.0 Å². The standard InChI is InChI=1S/C14H22BrNO/c1-3-14(11-15)16(2)9-10-17-12-13-7-5-4-6-8-13/h4-8,14H,3,9-12H2,1-2H3. The third kappa shape index (κ3) is 5.66. The average molecular weight is 300 g/mol. The molecule has 0 aromatic heterocycles.